The van der Waals surface area contributed by atoms with Gasteiger partial charge < -0.3 is 18.8 Å². The highest BCUT2D eigenvalue weighted by atomic mass is 16.6. The summed E-state index contributed by atoms with van der Waals surface area (Å²) in [5, 5.41) is 0. The highest BCUT2D eigenvalue weighted by Crippen LogP contribution is 2.44. The molecule has 0 unspecified atom stereocenters. The molecular weight excluding hydrogens is 516 g/mol. The van der Waals surface area contributed by atoms with Gasteiger partial charge in [-0.25, -0.2) is 4.98 Å². The zero-order valence-corrected chi connectivity index (χ0v) is 24.3. The van der Waals surface area contributed by atoms with Crippen LogP contribution in [0.1, 0.15) is 69.8 Å². The Morgan fingerprint density at radius 3 is 2.24 bits per heavy atom. The molecule has 7 heteroatoms. The standard InChI is InChI=1S/C34H38N2O5/c1-5-36-30-21-23(39-20-10-15-33(38)41-34(2,3)4)16-17-29(30)35-31(36)18-19-32(37)40-22-28-26-13-8-6-11-24(26)25-12-7-9-14-27(25)28/h6-9,11-14,16-17,21,28H,5,10,15,18-20,22H2,1-4H3. The lowest BCUT2D eigenvalue weighted by atomic mass is 9.98. The van der Waals surface area contributed by atoms with E-state index in [1.807, 2.05) is 63.2 Å². The number of hydrogen-bond acceptors (Lipinski definition) is 6. The van der Waals surface area contributed by atoms with E-state index in [2.05, 4.69) is 35.8 Å². The fourth-order valence-corrected chi connectivity index (χ4v) is 5.49. The molecule has 1 heterocycles. The summed E-state index contributed by atoms with van der Waals surface area (Å²) >= 11 is 0. The van der Waals surface area contributed by atoms with Crippen molar-refractivity contribution in [1.82, 2.24) is 9.55 Å². The molecule has 7 nitrogen and oxygen atoms in total. The minimum absolute atomic E-state index is 0.0501. The number of rotatable bonds is 11. The highest BCUT2D eigenvalue weighted by Gasteiger charge is 2.29. The van der Waals surface area contributed by atoms with Gasteiger partial charge >= 0.3 is 11.9 Å². The van der Waals surface area contributed by atoms with Gasteiger partial charge in [-0.2, -0.15) is 0 Å². The number of nitrogens with zero attached hydrogens (tertiary/aromatic N) is 2. The molecule has 4 aromatic rings. The minimum atomic E-state index is -0.482. The van der Waals surface area contributed by atoms with Crippen LogP contribution < -0.4 is 4.74 Å². The van der Waals surface area contributed by atoms with Crippen LogP contribution in [0.3, 0.4) is 0 Å². The highest BCUT2D eigenvalue weighted by molar-refractivity contribution is 5.80. The average molecular weight is 555 g/mol. The molecule has 0 spiro atoms. The zero-order valence-electron chi connectivity index (χ0n) is 24.3. The van der Waals surface area contributed by atoms with Crippen LogP contribution in [0.4, 0.5) is 0 Å². The predicted molar refractivity (Wildman–Crippen MR) is 159 cm³/mol. The lowest BCUT2D eigenvalue weighted by Crippen LogP contribution is -2.23. The maximum Gasteiger partial charge on any atom is 0.306 e. The number of ether oxygens (including phenoxy) is 3. The molecule has 0 bridgehead atoms. The second kappa shape index (κ2) is 12.2. The third kappa shape index (κ3) is 6.62. The Kier molecular flexibility index (Phi) is 8.43. The van der Waals surface area contributed by atoms with Crippen molar-refractivity contribution >= 4 is 23.0 Å². The normalized spacial score (nSPS) is 12.7. The van der Waals surface area contributed by atoms with Crippen LogP contribution >= 0.6 is 0 Å². The van der Waals surface area contributed by atoms with Crippen LogP contribution in [0.25, 0.3) is 22.2 Å². The molecule has 0 fully saturated rings. The molecule has 41 heavy (non-hydrogen) atoms. The molecule has 0 radical (unpaired) electrons. The number of hydrogen-bond donors (Lipinski definition) is 0. The maximum atomic E-state index is 12.8. The number of imidazole rings is 1. The summed E-state index contributed by atoms with van der Waals surface area (Å²) in [7, 11) is 0. The summed E-state index contributed by atoms with van der Waals surface area (Å²) in [6.45, 7) is 9.11. The van der Waals surface area contributed by atoms with Crippen LogP contribution in [0.2, 0.25) is 0 Å². The van der Waals surface area contributed by atoms with E-state index in [4.69, 9.17) is 19.2 Å². The summed E-state index contributed by atoms with van der Waals surface area (Å²) < 4.78 is 19.2. The third-order valence-corrected chi connectivity index (χ3v) is 7.26. The molecule has 0 saturated heterocycles. The van der Waals surface area contributed by atoms with Gasteiger partial charge in [0.1, 0.15) is 23.8 Å². The molecule has 3 aromatic carbocycles. The first kappa shape index (κ1) is 28.4. The zero-order chi connectivity index (χ0) is 29.0. The molecule has 0 atom stereocenters. The number of esters is 2. The van der Waals surface area contributed by atoms with Crippen LogP contribution in [0.5, 0.6) is 5.75 Å². The fourth-order valence-electron chi connectivity index (χ4n) is 5.49. The van der Waals surface area contributed by atoms with Gasteiger partial charge in [-0.05, 0) is 68.5 Å². The first-order chi connectivity index (χ1) is 19.7. The quantitative estimate of drug-likeness (QED) is 0.149. The van der Waals surface area contributed by atoms with Gasteiger partial charge in [-0.1, -0.05) is 48.5 Å². The fraction of sp³-hybridized carbons (Fsp3) is 0.382. The van der Waals surface area contributed by atoms with E-state index in [0.717, 1.165) is 29.2 Å². The molecule has 0 aliphatic heterocycles. The molecule has 1 aliphatic carbocycles. The Balaban J connectivity index is 1.16. The molecule has 0 amide bonds. The van der Waals surface area contributed by atoms with Gasteiger partial charge in [-0.15, -0.1) is 0 Å². The van der Waals surface area contributed by atoms with Gasteiger partial charge in [0.25, 0.3) is 0 Å². The van der Waals surface area contributed by atoms with E-state index in [9.17, 15) is 9.59 Å². The van der Waals surface area contributed by atoms with E-state index in [1.165, 1.54) is 22.3 Å². The van der Waals surface area contributed by atoms with Crippen LogP contribution in [-0.2, 0) is 32.0 Å². The van der Waals surface area contributed by atoms with E-state index in [1.54, 1.807) is 0 Å². The van der Waals surface area contributed by atoms with E-state index < -0.39 is 5.60 Å². The van der Waals surface area contributed by atoms with Gasteiger partial charge in [0, 0.05) is 31.4 Å². The average Bonchev–Trinajstić information content (AvgIpc) is 3.46. The monoisotopic (exact) mass is 554 g/mol. The third-order valence-electron chi connectivity index (χ3n) is 7.26. The van der Waals surface area contributed by atoms with Gasteiger partial charge in [0.05, 0.1) is 24.1 Å². The van der Waals surface area contributed by atoms with E-state index >= 15 is 0 Å². The van der Waals surface area contributed by atoms with Crippen molar-refractivity contribution in [3.63, 3.8) is 0 Å². The molecule has 214 valence electrons. The summed E-state index contributed by atoms with van der Waals surface area (Å²) in [6, 6.07) is 22.5. The second-order valence-corrected chi connectivity index (χ2v) is 11.4. The second-order valence-electron chi connectivity index (χ2n) is 11.4. The van der Waals surface area contributed by atoms with Gasteiger partial charge in [-0.3, -0.25) is 9.59 Å². The minimum Gasteiger partial charge on any atom is -0.494 e. The van der Waals surface area contributed by atoms with Crippen molar-refractivity contribution < 1.29 is 23.8 Å². The first-order valence-corrected chi connectivity index (χ1v) is 14.4. The van der Waals surface area contributed by atoms with E-state index in [0.29, 0.717) is 32.5 Å². The van der Waals surface area contributed by atoms with Crippen molar-refractivity contribution in [2.24, 2.45) is 0 Å². The lowest BCUT2D eigenvalue weighted by Gasteiger charge is -2.19. The summed E-state index contributed by atoms with van der Waals surface area (Å²) in [5.41, 5.74) is 6.17. The number of aromatic nitrogens is 2. The first-order valence-electron chi connectivity index (χ1n) is 14.4. The summed E-state index contributed by atoms with van der Waals surface area (Å²) in [6.07, 6.45) is 1.64. The lowest BCUT2D eigenvalue weighted by molar-refractivity contribution is -0.155. The SMILES string of the molecule is CCn1c(CCC(=O)OCC2c3ccccc3-c3ccccc32)nc2ccc(OCCCC(=O)OC(C)(C)C)cc21. The molecular formula is C34H38N2O5. The number of carbonyl (C=O) groups excluding carboxylic acids is 2. The van der Waals surface area contributed by atoms with Crippen molar-refractivity contribution in [3.8, 4) is 16.9 Å². The summed E-state index contributed by atoms with van der Waals surface area (Å²) in [5.74, 6) is 1.17. The number of carbonyl (C=O) groups is 2. The number of fused-ring (bicyclic) bond motifs is 4. The van der Waals surface area contributed by atoms with Crippen LogP contribution in [0, 0.1) is 0 Å². The Labute approximate surface area is 241 Å². The Morgan fingerprint density at radius 1 is 0.902 bits per heavy atom. The molecule has 0 N–H and O–H groups in total. The van der Waals surface area contributed by atoms with Crippen molar-refractivity contribution in [1.29, 1.82) is 0 Å². The smallest absolute Gasteiger partial charge is 0.306 e. The van der Waals surface area contributed by atoms with Crippen LogP contribution in [-0.4, -0.2) is 40.3 Å². The van der Waals surface area contributed by atoms with Crippen molar-refractivity contribution in [2.45, 2.75) is 71.4 Å². The molecule has 1 aliphatic rings. The van der Waals surface area contributed by atoms with Crippen molar-refractivity contribution in [2.75, 3.05) is 13.2 Å². The largest absolute Gasteiger partial charge is 0.494 e. The van der Waals surface area contributed by atoms with Crippen molar-refractivity contribution in [3.05, 3.63) is 83.7 Å². The molecule has 0 saturated carbocycles. The maximum absolute atomic E-state index is 12.8. The number of benzene rings is 3. The van der Waals surface area contributed by atoms with Crippen LogP contribution in [0.15, 0.2) is 66.7 Å². The Bertz CT molecular complexity index is 1500. The van der Waals surface area contributed by atoms with Gasteiger partial charge in [0.15, 0.2) is 0 Å². The van der Waals surface area contributed by atoms with E-state index in [-0.39, 0.29) is 24.3 Å². The Hall–Kier alpha value is -4.13. The number of aryl methyl sites for hydroxylation is 2. The van der Waals surface area contributed by atoms with Gasteiger partial charge in [0.2, 0.25) is 0 Å². The topological polar surface area (TPSA) is 79.7 Å². The summed E-state index contributed by atoms with van der Waals surface area (Å²) in [4.78, 5) is 29.5. The molecule has 1 aromatic heterocycles. The molecule has 5 rings (SSSR count). The predicted octanol–water partition coefficient (Wildman–Crippen LogP) is 6.85. The Morgan fingerprint density at radius 2 is 1.59 bits per heavy atom.